The first-order chi connectivity index (χ1) is 18.2. The number of fused-ring (bicyclic) bond motifs is 1. The first-order valence-electron chi connectivity index (χ1n) is 12.0. The standard InChI is InChI=1S/C27H28Cl2N2O6S2/c1-27(2,3)37-26(32)17-31(39(35,36)24-15-21(28)14-22(29)16-24)23-9-10-25-20(13-23)11-12-30(25)38(33,34)18-19-7-5-4-6-8-19/h4-10,13-16H,11-12,17-18H2,1-3H3. The third-order valence-corrected chi connectivity index (χ3v) is 9.79. The molecule has 0 fully saturated rings. The highest BCUT2D eigenvalue weighted by Gasteiger charge is 2.33. The van der Waals surface area contributed by atoms with Crippen LogP contribution in [-0.2, 0) is 41.8 Å². The van der Waals surface area contributed by atoms with Crippen LogP contribution >= 0.6 is 23.2 Å². The maximum atomic E-state index is 13.8. The highest BCUT2D eigenvalue weighted by Crippen LogP contribution is 2.36. The normalized spacial score (nSPS) is 13.7. The van der Waals surface area contributed by atoms with E-state index >= 15 is 0 Å². The highest BCUT2D eigenvalue weighted by atomic mass is 35.5. The maximum absolute atomic E-state index is 13.8. The summed E-state index contributed by atoms with van der Waals surface area (Å²) in [5.41, 5.74) is 1.11. The van der Waals surface area contributed by atoms with E-state index in [0.29, 0.717) is 23.2 Å². The van der Waals surface area contributed by atoms with Crippen LogP contribution in [0.2, 0.25) is 10.0 Å². The third kappa shape index (κ3) is 6.87. The second-order valence-electron chi connectivity index (χ2n) is 10.1. The average molecular weight is 612 g/mol. The monoisotopic (exact) mass is 610 g/mol. The minimum Gasteiger partial charge on any atom is -0.459 e. The molecule has 1 heterocycles. The molecule has 0 amide bonds. The lowest BCUT2D eigenvalue weighted by Gasteiger charge is -2.27. The number of carbonyl (C=O) groups excluding carboxylic acids is 1. The van der Waals surface area contributed by atoms with Gasteiger partial charge in [-0.05, 0) is 74.7 Å². The van der Waals surface area contributed by atoms with Crippen molar-refractivity contribution >= 4 is 60.6 Å². The fourth-order valence-electron chi connectivity index (χ4n) is 4.28. The molecule has 1 aliphatic rings. The maximum Gasteiger partial charge on any atom is 0.327 e. The number of benzene rings is 3. The van der Waals surface area contributed by atoms with Crippen molar-refractivity contribution in [3.05, 3.63) is 87.9 Å². The summed E-state index contributed by atoms with van der Waals surface area (Å²) in [4.78, 5) is 12.6. The van der Waals surface area contributed by atoms with E-state index in [4.69, 9.17) is 27.9 Å². The molecule has 39 heavy (non-hydrogen) atoms. The SMILES string of the molecule is CC(C)(C)OC(=O)CN(c1ccc2c(c1)CCN2S(=O)(=O)Cc1ccccc1)S(=O)(=O)c1cc(Cl)cc(Cl)c1. The Morgan fingerprint density at radius 3 is 2.21 bits per heavy atom. The summed E-state index contributed by atoms with van der Waals surface area (Å²) in [5.74, 6) is -0.921. The number of nitrogens with zero attached hydrogens (tertiary/aromatic N) is 2. The minimum absolute atomic E-state index is 0.117. The summed E-state index contributed by atoms with van der Waals surface area (Å²) in [7, 11) is -8.00. The van der Waals surface area contributed by atoms with Crippen LogP contribution < -0.4 is 8.61 Å². The fourth-order valence-corrected chi connectivity index (χ4v) is 8.02. The quantitative estimate of drug-likeness (QED) is 0.315. The lowest BCUT2D eigenvalue weighted by atomic mass is 10.1. The van der Waals surface area contributed by atoms with E-state index in [1.54, 1.807) is 57.2 Å². The van der Waals surface area contributed by atoms with Gasteiger partial charge in [0.2, 0.25) is 10.0 Å². The lowest BCUT2D eigenvalue weighted by molar-refractivity contribution is -0.152. The molecule has 0 radical (unpaired) electrons. The van der Waals surface area contributed by atoms with Crippen LogP contribution in [-0.4, -0.2) is 41.5 Å². The van der Waals surface area contributed by atoms with Crippen molar-refractivity contribution in [3.8, 4) is 0 Å². The van der Waals surface area contributed by atoms with Gasteiger partial charge in [-0.25, -0.2) is 16.8 Å². The summed E-state index contributed by atoms with van der Waals surface area (Å²) >= 11 is 12.1. The Morgan fingerprint density at radius 2 is 1.59 bits per heavy atom. The molecule has 0 bridgehead atoms. The molecule has 1 aliphatic heterocycles. The molecule has 8 nitrogen and oxygen atoms in total. The average Bonchev–Trinajstić information content (AvgIpc) is 3.25. The number of anilines is 2. The number of rotatable bonds is 8. The molecular formula is C27H28Cl2N2O6S2. The van der Waals surface area contributed by atoms with E-state index in [-0.39, 0.29) is 32.9 Å². The number of esters is 1. The zero-order valence-electron chi connectivity index (χ0n) is 21.6. The van der Waals surface area contributed by atoms with Gasteiger partial charge in [-0.15, -0.1) is 0 Å². The van der Waals surface area contributed by atoms with Gasteiger partial charge in [0.25, 0.3) is 10.0 Å². The van der Waals surface area contributed by atoms with Gasteiger partial charge in [-0.3, -0.25) is 13.4 Å². The van der Waals surface area contributed by atoms with Gasteiger partial charge in [0, 0.05) is 16.6 Å². The molecule has 0 saturated carbocycles. The molecule has 0 saturated heterocycles. The zero-order chi connectivity index (χ0) is 28.6. The molecule has 0 aliphatic carbocycles. The molecule has 0 N–H and O–H groups in total. The molecule has 208 valence electrons. The molecule has 0 atom stereocenters. The van der Waals surface area contributed by atoms with Gasteiger partial charge in [0.15, 0.2) is 0 Å². The van der Waals surface area contributed by atoms with E-state index in [0.717, 1.165) is 4.31 Å². The minimum atomic E-state index is -4.32. The van der Waals surface area contributed by atoms with E-state index in [1.807, 2.05) is 6.07 Å². The predicted molar refractivity (Wildman–Crippen MR) is 153 cm³/mol. The van der Waals surface area contributed by atoms with Crippen molar-refractivity contribution < 1.29 is 26.4 Å². The zero-order valence-corrected chi connectivity index (χ0v) is 24.7. The van der Waals surface area contributed by atoms with Gasteiger partial charge in [0.05, 0.1) is 22.0 Å². The van der Waals surface area contributed by atoms with Crippen LogP contribution in [0.1, 0.15) is 31.9 Å². The molecular weight excluding hydrogens is 583 g/mol. The van der Waals surface area contributed by atoms with E-state index in [2.05, 4.69) is 0 Å². The van der Waals surface area contributed by atoms with Crippen LogP contribution in [0.5, 0.6) is 0 Å². The van der Waals surface area contributed by atoms with Gasteiger partial charge >= 0.3 is 5.97 Å². The van der Waals surface area contributed by atoms with Crippen molar-refractivity contribution in [1.82, 2.24) is 0 Å². The van der Waals surface area contributed by atoms with Gasteiger partial charge in [-0.1, -0.05) is 53.5 Å². The molecule has 3 aromatic rings. The lowest BCUT2D eigenvalue weighted by Crippen LogP contribution is -2.39. The summed E-state index contributed by atoms with van der Waals surface area (Å²) < 4.78 is 61.6. The molecule has 0 aromatic heterocycles. The first kappa shape index (κ1) is 29.2. The number of hydrogen-bond donors (Lipinski definition) is 0. The van der Waals surface area contributed by atoms with Crippen LogP contribution in [0.4, 0.5) is 11.4 Å². The summed E-state index contributed by atoms with van der Waals surface area (Å²) in [5, 5.41) is 0.234. The predicted octanol–water partition coefficient (Wildman–Crippen LogP) is 5.42. The van der Waals surface area contributed by atoms with Gasteiger partial charge < -0.3 is 4.74 Å². The van der Waals surface area contributed by atoms with Crippen LogP contribution in [0.3, 0.4) is 0 Å². The number of halogens is 2. The van der Waals surface area contributed by atoms with Crippen molar-refractivity contribution in [1.29, 1.82) is 0 Å². The number of ether oxygens (including phenoxy) is 1. The first-order valence-corrected chi connectivity index (χ1v) is 15.8. The highest BCUT2D eigenvalue weighted by molar-refractivity contribution is 7.93. The third-order valence-electron chi connectivity index (χ3n) is 5.85. The summed E-state index contributed by atoms with van der Waals surface area (Å²) in [6.45, 7) is 4.65. The summed E-state index contributed by atoms with van der Waals surface area (Å²) in [6, 6.07) is 17.4. The second-order valence-corrected chi connectivity index (χ2v) is 14.7. The Kier molecular flexibility index (Phi) is 8.23. The van der Waals surface area contributed by atoms with Gasteiger partial charge in [0.1, 0.15) is 12.1 Å². The number of carbonyl (C=O) groups is 1. The van der Waals surface area contributed by atoms with Gasteiger partial charge in [-0.2, -0.15) is 0 Å². The van der Waals surface area contributed by atoms with Crippen molar-refractivity contribution in [3.63, 3.8) is 0 Å². The fraction of sp³-hybridized carbons (Fsp3) is 0.296. The Morgan fingerprint density at radius 1 is 0.949 bits per heavy atom. The van der Waals surface area contributed by atoms with E-state index < -0.39 is 38.2 Å². The Hall–Kier alpha value is -2.79. The van der Waals surface area contributed by atoms with Crippen LogP contribution in [0, 0.1) is 0 Å². The van der Waals surface area contributed by atoms with E-state index in [9.17, 15) is 21.6 Å². The van der Waals surface area contributed by atoms with E-state index in [1.165, 1.54) is 28.6 Å². The number of hydrogen-bond acceptors (Lipinski definition) is 6. The Bertz CT molecular complexity index is 1580. The topological polar surface area (TPSA) is 101 Å². The van der Waals surface area contributed by atoms with Crippen LogP contribution in [0.15, 0.2) is 71.6 Å². The molecule has 0 spiro atoms. The largest absolute Gasteiger partial charge is 0.459 e. The Balaban J connectivity index is 1.71. The smallest absolute Gasteiger partial charge is 0.327 e. The molecule has 12 heteroatoms. The summed E-state index contributed by atoms with van der Waals surface area (Å²) in [6.07, 6.45) is 0.376. The molecule has 3 aromatic carbocycles. The number of sulfonamides is 2. The van der Waals surface area contributed by atoms with Crippen molar-refractivity contribution in [2.24, 2.45) is 0 Å². The van der Waals surface area contributed by atoms with Crippen LogP contribution in [0.25, 0.3) is 0 Å². The molecule has 4 rings (SSSR count). The second kappa shape index (κ2) is 11.0. The Labute approximate surface area is 239 Å². The molecule has 0 unspecified atom stereocenters. The van der Waals surface area contributed by atoms with Crippen molar-refractivity contribution in [2.75, 3.05) is 21.7 Å². The van der Waals surface area contributed by atoms with Crippen molar-refractivity contribution in [2.45, 2.75) is 43.4 Å².